The summed E-state index contributed by atoms with van der Waals surface area (Å²) in [4.78, 5) is 0. The van der Waals surface area contributed by atoms with E-state index in [1.54, 1.807) is 0 Å². The molecule has 1 nitrogen and oxygen atoms in total. The molecule has 0 spiro atoms. The Morgan fingerprint density at radius 1 is 1.17 bits per heavy atom. The van der Waals surface area contributed by atoms with E-state index in [0.717, 1.165) is 25.7 Å². The van der Waals surface area contributed by atoms with Gasteiger partial charge in [0.2, 0.25) is 0 Å². The molecule has 1 N–H and O–H groups in total. The summed E-state index contributed by atoms with van der Waals surface area (Å²) in [5.41, 5.74) is 2.15. The molecule has 0 aromatic heterocycles. The molecule has 2 rings (SSSR count). The first-order valence-electron chi connectivity index (χ1n) is 7.35. The Balaban J connectivity index is 2.10. The van der Waals surface area contributed by atoms with Crippen LogP contribution in [0, 0.1) is 11.8 Å². The molecular formula is C17H26O. The van der Waals surface area contributed by atoms with Crippen molar-refractivity contribution >= 4 is 0 Å². The fourth-order valence-corrected chi connectivity index (χ4v) is 3.23. The van der Waals surface area contributed by atoms with E-state index >= 15 is 0 Å². The lowest BCUT2D eigenvalue weighted by atomic mass is 9.68. The standard InChI is InChI=1S/C17H26O/c1-4-15-7-9-16(10-8-15)12-17(18)11-5-6-13(2)14(17)3/h7-10,13-14,18H,4-6,11-12H2,1-3H3. The summed E-state index contributed by atoms with van der Waals surface area (Å²) in [6.45, 7) is 6.66. The molecule has 0 saturated heterocycles. The average molecular weight is 246 g/mol. The summed E-state index contributed by atoms with van der Waals surface area (Å²) >= 11 is 0. The van der Waals surface area contributed by atoms with Gasteiger partial charge in [-0.15, -0.1) is 0 Å². The third-order valence-electron chi connectivity index (χ3n) is 4.91. The zero-order chi connectivity index (χ0) is 13.2. The smallest absolute Gasteiger partial charge is 0.0715 e. The van der Waals surface area contributed by atoms with Crippen LogP contribution in [0.1, 0.15) is 51.2 Å². The quantitative estimate of drug-likeness (QED) is 0.855. The van der Waals surface area contributed by atoms with Crippen LogP contribution in [-0.2, 0) is 12.8 Å². The van der Waals surface area contributed by atoms with E-state index in [1.807, 2.05) is 0 Å². The summed E-state index contributed by atoms with van der Waals surface area (Å²) in [6, 6.07) is 8.75. The van der Waals surface area contributed by atoms with E-state index < -0.39 is 5.60 Å². The van der Waals surface area contributed by atoms with Crippen LogP contribution >= 0.6 is 0 Å². The first-order chi connectivity index (χ1) is 8.55. The lowest BCUT2D eigenvalue weighted by molar-refractivity contribution is -0.0620. The van der Waals surface area contributed by atoms with Crippen LogP contribution in [0.3, 0.4) is 0 Å². The molecule has 0 bridgehead atoms. The monoisotopic (exact) mass is 246 g/mol. The van der Waals surface area contributed by atoms with Crippen LogP contribution < -0.4 is 0 Å². The molecule has 1 heteroatoms. The third-order valence-corrected chi connectivity index (χ3v) is 4.91. The highest BCUT2D eigenvalue weighted by Crippen LogP contribution is 2.39. The van der Waals surface area contributed by atoms with Crippen molar-refractivity contribution in [1.82, 2.24) is 0 Å². The predicted molar refractivity (Wildman–Crippen MR) is 76.7 cm³/mol. The second-order valence-electron chi connectivity index (χ2n) is 6.11. The van der Waals surface area contributed by atoms with Gasteiger partial charge in [-0.05, 0) is 35.8 Å². The molecule has 1 saturated carbocycles. The number of aryl methyl sites for hydroxylation is 1. The Morgan fingerprint density at radius 2 is 1.78 bits per heavy atom. The van der Waals surface area contributed by atoms with Crippen molar-refractivity contribution in [2.24, 2.45) is 11.8 Å². The van der Waals surface area contributed by atoms with E-state index in [9.17, 15) is 5.11 Å². The second kappa shape index (κ2) is 5.44. The van der Waals surface area contributed by atoms with Crippen molar-refractivity contribution in [3.8, 4) is 0 Å². The van der Waals surface area contributed by atoms with Crippen LogP contribution in [0.2, 0.25) is 0 Å². The van der Waals surface area contributed by atoms with Crippen molar-refractivity contribution in [2.75, 3.05) is 0 Å². The lowest BCUT2D eigenvalue weighted by Crippen LogP contribution is -2.44. The fraction of sp³-hybridized carbons (Fsp3) is 0.647. The number of hydrogen-bond donors (Lipinski definition) is 1. The Morgan fingerprint density at radius 3 is 2.39 bits per heavy atom. The van der Waals surface area contributed by atoms with Crippen LogP contribution in [-0.4, -0.2) is 10.7 Å². The van der Waals surface area contributed by atoms with Crippen molar-refractivity contribution < 1.29 is 5.11 Å². The number of rotatable bonds is 3. The first-order valence-corrected chi connectivity index (χ1v) is 7.35. The molecule has 1 aromatic rings. The summed E-state index contributed by atoms with van der Waals surface area (Å²) in [5, 5.41) is 10.9. The van der Waals surface area contributed by atoms with Crippen LogP contribution in [0.25, 0.3) is 0 Å². The molecular weight excluding hydrogens is 220 g/mol. The molecule has 0 radical (unpaired) electrons. The summed E-state index contributed by atoms with van der Waals surface area (Å²) < 4.78 is 0. The van der Waals surface area contributed by atoms with Gasteiger partial charge in [0.25, 0.3) is 0 Å². The largest absolute Gasteiger partial charge is 0.389 e. The van der Waals surface area contributed by atoms with E-state index in [-0.39, 0.29) is 0 Å². The first kappa shape index (κ1) is 13.6. The highest BCUT2D eigenvalue weighted by Gasteiger charge is 2.39. The van der Waals surface area contributed by atoms with Gasteiger partial charge >= 0.3 is 0 Å². The average Bonchev–Trinajstić information content (AvgIpc) is 2.37. The maximum Gasteiger partial charge on any atom is 0.0715 e. The fourth-order valence-electron chi connectivity index (χ4n) is 3.23. The SMILES string of the molecule is CCc1ccc(CC2(O)CCCC(C)C2C)cc1. The summed E-state index contributed by atoms with van der Waals surface area (Å²) in [5.74, 6) is 1.04. The van der Waals surface area contributed by atoms with E-state index in [1.165, 1.54) is 17.5 Å². The molecule has 100 valence electrons. The van der Waals surface area contributed by atoms with Gasteiger partial charge in [0.1, 0.15) is 0 Å². The molecule has 0 amide bonds. The van der Waals surface area contributed by atoms with Crippen molar-refractivity contribution in [3.05, 3.63) is 35.4 Å². The van der Waals surface area contributed by atoms with Crippen LogP contribution in [0.15, 0.2) is 24.3 Å². The Labute approximate surface area is 111 Å². The maximum atomic E-state index is 10.9. The Kier molecular flexibility index (Phi) is 4.11. The van der Waals surface area contributed by atoms with E-state index in [2.05, 4.69) is 45.0 Å². The summed E-state index contributed by atoms with van der Waals surface area (Å²) in [6.07, 6.45) is 5.27. The molecule has 1 aliphatic carbocycles. The van der Waals surface area contributed by atoms with Gasteiger partial charge in [0.15, 0.2) is 0 Å². The minimum Gasteiger partial charge on any atom is -0.389 e. The van der Waals surface area contributed by atoms with Gasteiger partial charge in [-0.1, -0.05) is 57.9 Å². The summed E-state index contributed by atoms with van der Waals surface area (Å²) in [7, 11) is 0. The molecule has 0 aliphatic heterocycles. The number of hydrogen-bond acceptors (Lipinski definition) is 1. The Bertz CT molecular complexity index is 381. The van der Waals surface area contributed by atoms with E-state index in [4.69, 9.17) is 0 Å². The van der Waals surface area contributed by atoms with Gasteiger partial charge < -0.3 is 5.11 Å². The van der Waals surface area contributed by atoms with Gasteiger partial charge in [-0.25, -0.2) is 0 Å². The molecule has 1 fully saturated rings. The highest BCUT2D eigenvalue weighted by atomic mass is 16.3. The normalized spacial score (nSPS) is 32.4. The highest BCUT2D eigenvalue weighted by molar-refractivity contribution is 5.24. The number of aliphatic hydroxyl groups is 1. The minimum absolute atomic E-state index is 0.400. The second-order valence-corrected chi connectivity index (χ2v) is 6.11. The van der Waals surface area contributed by atoms with Gasteiger partial charge in [0, 0.05) is 6.42 Å². The van der Waals surface area contributed by atoms with Gasteiger partial charge in [-0.2, -0.15) is 0 Å². The van der Waals surface area contributed by atoms with Crippen molar-refractivity contribution in [2.45, 2.75) is 58.5 Å². The molecule has 1 aromatic carbocycles. The molecule has 3 unspecified atom stereocenters. The minimum atomic E-state index is -0.495. The Hall–Kier alpha value is -0.820. The van der Waals surface area contributed by atoms with Gasteiger partial charge in [0.05, 0.1) is 5.60 Å². The zero-order valence-electron chi connectivity index (χ0n) is 11.9. The van der Waals surface area contributed by atoms with Gasteiger partial charge in [-0.3, -0.25) is 0 Å². The molecule has 18 heavy (non-hydrogen) atoms. The zero-order valence-corrected chi connectivity index (χ0v) is 11.9. The van der Waals surface area contributed by atoms with Crippen molar-refractivity contribution in [1.29, 1.82) is 0 Å². The third kappa shape index (κ3) is 2.77. The lowest BCUT2D eigenvalue weighted by Gasteiger charge is -2.42. The predicted octanol–water partition coefficient (Wildman–Crippen LogP) is 3.98. The topological polar surface area (TPSA) is 20.2 Å². The molecule has 1 aliphatic rings. The maximum absolute atomic E-state index is 10.9. The van der Waals surface area contributed by atoms with Crippen molar-refractivity contribution in [3.63, 3.8) is 0 Å². The van der Waals surface area contributed by atoms with E-state index in [0.29, 0.717) is 11.8 Å². The number of benzene rings is 1. The van der Waals surface area contributed by atoms with Crippen LogP contribution in [0.5, 0.6) is 0 Å². The molecule has 3 atom stereocenters. The molecule has 0 heterocycles. The van der Waals surface area contributed by atoms with Crippen LogP contribution in [0.4, 0.5) is 0 Å².